The quantitative estimate of drug-likeness (QED) is 0.913. The van der Waals surface area contributed by atoms with Gasteiger partial charge in [0.15, 0.2) is 5.71 Å². The first-order valence-electron chi connectivity index (χ1n) is 6.25. The Balaban J connectivity index is 1.74. The Morgan fingerprint density at radius 1 is 1.25 bits per heavy atom. The molecule has 1 N–H and O–H groups in total. The molecule has 1 amide bonds. The molecule has 0 fully saturated rings. The Labute approximate surface area is 116 Å². The highest BCUT2D eigenvalue weighted by Crippen LogP contribution is 2.20. The standard InChI is InChI=1S/C15H13N3O2/c1-20-11-8-6-10(7-9-11)16-15(19)14-12-4-2-3-5-13(12)17-18-14/h2-4,6-9H,5H2,1H3,(H,16,19). The maximum absolute atomic E-state index is 12.2. The number of nitrogens with zero attached hydrogens (tertiary/aromatic N) is 2. The highest BCUT2D eigenvalue weighted by atomic mass is 16.5. The van der Waals surface area contributed by atoms with Crippen LogP contribution < -0.4 is 10.1 Å². The predicted octanol–water partition coefficient (Wildman–Crippen LogP) is 2.33. The van der Waals surface area contributed by atoms with Gasteiger partial charge in [-0.05, 0) is 24.3 Å². The number of ether oxygens (including phenoxy) is 1. The van der Waals surface area contributed by atoms with E-state index in [1.54, 1.807) is 31.4 Å². The van der Waals surface area contributed by atoms with E-state index in [1.807, 2.05) is 18.2 Å². The van der Waals surface area contributed by atoms with Gasteiger partial charge in [-0.25, -0.2) is 0 Å². The smallest absolute Gasteiger partial charge is 0.276 e. The second-order valence-electron chi connectivity index (χ2n) is 4.39. The Morgan fingerprint density at radius 2 is 2.05 bits per heavy atom. The predicted molar refractivity (Wildman–Crippen MR) is 78.3 cm³/mol. The van der Waals surface area contributed by atoms with Crippen molar-refractivity contribution in [2.24, 2.45) is 10.2 Å². The van der Waals surface area contributed by atoms with Crippen LogP contribution in [0.25, 0.3) is 0 Å². The molecule has 0 atom stereocenters. The number of fused-ring (bicyclic) bond motifs is 1. The van der Waals surface area contributed by atoms with Crippen LogP contribution in [-0.4, -0.2) is 24.4 Å². The van der Waals surface area contributed by atoms with Gasteiger partial charge >= 0.3 is 0 Å². The van der Waals surface area contributed by atoms with E-state index in [0.29, 0.717) is 17.8 Å². The topological polar surface area (TPSA) is 63.0 Å². The molecular formula is C15H13N3O2. The highest BCUT2D eigenvalue weighted by Gasteiger charge is 2.25. The normalized spacial score (nSPS) is 15.9. The van der Waals surface area contributed by atoms with Crippen LogP contribution in [0.3, 0.4) is 0 Å². The molecular weight excluding hydrogens is 254 g/mol. The van der Waals surface area contributed by atoms with Crippen LogP contribution in [0.15, 0.2) is 58.3 Å². The van der Waals surface area contributed by atoms with Gasteiger partial charge in [-0.1, -0.05) is 18.2 Å². The van der Waals surface area contributed by atoms with Crippen LogP contribution in [0.4, 0.5) is 5.69 Å². The molecule has 1 aliphatic heterocycles. The first kappa shape index (κ1) is 12.3. The van der Waals surface area contributed by atoms with Crippen LogP contribution in [0, 0.1) is 0 Å². The molecule has 5 nitrogen and oxygen atoms in total. The van der Waals surface area contributed by atoms with Crippen molar-refractivity contribution in [3.63, 3.8) is 0 Å². The van der Waals surface area contributed by atoms with Gasteiger partial charge in [0.05, 0.1) is 12.8 Å². The average molecular weight is 267 g/mol. The van der Waals surface area contributed by atoms with E-state index >= 15 is 0 Å². The number of carbonyl (C=O) groups excluding carboxylic acids is 1. The van der Waals surface area contributed by atoms with E-state index in [1.165, 1.54) is 0 Å². The average Bonchev–Trinajstić information content (AvgIpc) is 2.92. The fourth-order valence-electron chi connectivity index (χ4n) is 2.06. The largest absolute Gasteiger partial charge is 0.497 e. The first-order chi connectivity index (χ1) is 9.78. The fourth-order valence-corrected chi connectivity index (χ4v) is 2.06. The maximum Gasteiger partial charge on any atom is 0.276 e. The number of nitrogens with one attached hydrogen (secondary N) is 1. The highest BCUT2D eigenvalue weighted by molar-refractivity contribution is 6.55. The van der Waals surface area contributed by atoms with E-state index in [-0.39, 0.29) is 5.91 Å². The number of amides is 1. The summed E-state index contributed by atoms with van der Waals surface area (Å²) >= 11 is 0. The summed E-state index contributed by atoms with van der Waals surface area (Å²) in [5.41, 5.74) is 2.70. The molecule has 0 unspecified atom stereocenters. The zero-order valence-electron chi connectivity index (χ0n) is 11.0. The van der Waals surface area contributed by atoms with Crippen LogP contribution in [0.5, 0.6) is 5.75 Å². The molecule has 1 heterocycles. The summed E-state index contributed by atoms with van der Waals surface area (Å²) in [4.78, 5) is 12.2. The molecule has 1 aliphatic carbocycles. The number of anilines is 1. The summed E-state index contributed by atoms with van der Waals surface area (Å²) in [6.45, 7) is 0. The lowest BCUT2D eigenvalue weighted by Crippen LogP contribution is -2.25. The van der Waals surface area contributed by atoms with E-state index in [2.05, 4.69) is 15.5 Å². The fraction of sp³-hybridized carbons (Fsp3) is 0.133. The minimum Gasteiger partial charge on any atom is -0.497 e. The van der Waals surface area contributed by atoms with Gasteiger partial charge in [0.2, 0.25) is 0 Å². The second kappa shape index (κ2) is 5.13. The molecule has 2 aliphatic rings. The van der Waals surface area contributed by atoms with Gasteiger partial charge in [0, 0.05) is 17.7 Å². The maximum atomic E-state index is 12.2. The zero-order valence-corrected chi connectivity index (χ0v) is 11.0. The third-order valence-corrected chi connectivity index (χ3v) is 3.11. The van der Waals surface area contributed by atoms with Crippen LogP contribution in [-0.2, 0) is 4.79 Å². The van der Waals surface area contributed by atoms with Gasteiger partial charge in [-0.15, -0.1) is 5.10 Å². The number of allylic oxidation sites excluding steroid dienone is 3. The monoisotopic (exact) mass is 267 g/mol. The van der Waals surface area contributed by atoms with Crippen LogP contribution in [0.2, 0.25) is 0 Å². The van der Waals surface area contributed by atoms with Crippen molar-refractivity contribution in [3.05, 3.63) is 48.1 Å². The molecule has 3 rings (SSSR count). The molecule has 0 aromatic heterocycles. The number of benzene rings is 1. The molecule has 20 heavy (non-hydrogen) atoms. The van der Waals surface area contributed by atoms with E-state index in [0.717, 1.165) is 17.0 Å². The minimum atomic E-state index is -0.254. The zero-order chi connectivity index (χ0) is 13.9. The summed E-state index contributed by atoms with van der Waals surface area (Å²) < 4.78 is 5.07. The Morgan fingerprint density at radius 3 is 2.80 bits per heavy atom. The van der Waals surface area contributed by atoms with Crippen molar-refractivity contribution in [1.82, 2.24) is 0 Å². The van der Waals surface area contributed by atoms with Crippen molar-refractivity contribution >= 4 is 23.0 Å². The lowest BCUT2D eigenvalue weighted by molar-refractivity contribution is -0.110. The molecule has 0 radical (unpaired) electrons. The van der Waals surface area contributed by atoms with Crippen molar-refractivity contribution in [1.29, 1.82) is 0 Å². The Hall–Kier alpha value is -2.69. The summed E-state index contributed by atoms with van der Waals surface area (Å²) in [6, 6.07) is 7.14. The lowest BCUT2D eigenvalue weighted by atomic mass is 9.98. The third kappa shape index (κ3) is 2.25. The van der Waals surface area contributed by atoms with Gasteiger partial charge in [-0.2, -0.15) is 5.10 Å². The van der Waals surface area contributed by atoms with Crippen molar-refractivity contribution in [3.8, 4) is 5.75 Å². The van der Waals surface area contributed by atoms with E-state index in [9.17, 15) is 4.79 Å². The number of carbonyl (C=O) groups is 1. The number of hydrogen-bond acceptors (Lipinski definition) is 4. The van der Waals surface area contributed by atoms with Gasteiger partial charge < -0.3 is 10.1 Å². The van der Waals surface area contributed by atoms with Crippen molar-refractivity contribution < 1.29 is 9.53 Å². The molecule has 0 spiro atoms. The Bertz CT molecular complexity index is 667. The van der Waals surface area contributed by atoms with Gasteiger partial charge in [0.1, 0.15) is 5.75 Å². The van der Waals surface area contributed by atoms with Crippen molar-refractivity contribution in [2.75, 3.05) is 12.4 Å². The lowest BCUT2D eigenvalue weighted by Gasteiger charge is -2.09. The molecule has 1 aromatic rings. The molecule has 0 saturated carbocycles. The first-order valence-corrected chi connectivity index (χ1v) is 6.25. The number of methoxy groups -OCH3 is 1. The SMILES string of the molecule is COc1ccc(NC(=O)C2=NN=C3CC=CC=C32)cc1. The summed E-state index contributed by atoms with van der Waals surface area (Å²) in [6.07, 6.45) is 6.48. The second-order valence-corrected chi connectivity index (χ2v) is 4.39. The molecule has 5 heteroatoms. The molecule has 100 valence electrons. The van der Waals surface area contributed by atoms with Crippen LogP contribution in [0.1, 0.15) is 6.42 Å². The van der Waals surface area contributed by atoms with E-state index in [4.69, 9.17) is 4.74 Å². The summed E-state index contributed by atoms with van der Waals surface area (Å²) in [5, 5.41) is 10.8. The third-order valence-electron chi connectivity index (χ3n) is 3.11. The molecule has 1 aromatic carbocycles. The van der Waals surface area contributed by atoms with Crippen LogP contribution >= 0.6 is 0 Å². The van der Waals surface area contributed by atoms with E-state index < -0.39 is 0 Å². The van der Waals surface area contributed by atoms with Gasteiger partial charge in [0.25, 0.3) is 5.91 Å². The minimum absolute atomic E-state index is 0.254. The van der Waals surface area contributed by atoms with Gasteiger partial charge in [-0.3, -0.25) is 4.79 Å². The van der Waals surface area contributed by atoms with Crippen molar-refractivity contribution in [2.45, 2.75) is 6.42 Å². The molecule has 0 bridgehead atoms. The Kier molecular flexibility index (Phi) is 3.16. The summed E-state index contributed by atoms with van der Waals surface area (Å²) in [5.74, 6) is 0.488. The number of rotatable bonds is 3. The molecule has 0 saturated heterocycles. The summed E-state index contributed by atoms with van der Waals surface area (Å²) in [7, 11) is 1.60. The number of hydrogen-bond donors (Lipinski definition) is 1.